The molecule has 27 heavy (non-hydrogen) atoms. The van der Waals surface area contributed by atoms with Gasteiger partial charge in [-0.3, -0.25) is 0 Å². The fraction of sp³-hybridized carbons (Fsp3) is 0.158. The van der Waals surface area contributed by atoms with Crippen LogP contribution >= 0.6 is 27.5 Å². The maximum atomic E-state index is 6.19. The van der Waals surface area contributed by atoms with Gasteiger partial charge in [-0.25, -0.2) is 9.66 Å². The molecule has 0 aliphatic heterocycles. The fourth-order valence-corrected chi connectivity index (χ4v) is 3.21. The van der Waals surface area contributed by atoms with Crippen LogP contribution in [-0.4, -0.2) is 23.0 Å². The normalized spacial score (nSPS) is 11.1. The van der Waals surface area contributed by atoms with Crippen LogP contribution in [0.4, 0.5) is 5.95 Å². The molecule has 0 saturated carbocycles. The molecule has 0 aliphatic carbocycles. The molecule has 2 aromatic carbocycles. The third-order valence-corrected chi connectivity index (χ3v) is 4.71. The van der Waals surface area contributed by atoms with Crippen LogP contribution < -0.4 is 15.2 Å². The van der Waals surface area contributed by atoms with Crippen molar-refractivity contribution in [2.24, 2.45) is 5.10 Å². The van der Waals surface area contributed by atoms with Gasteiger partial charge in [0.2, 0.25) is 5.95 Å². The highest BCUT2D eigenvalue weighted by Crippen LogP contribution is 2.37. The Labute approximate surface area is 170 Å². The average molecular weight is 450 g/mol. The molecule has 3 rings (SSSR count). The van der Waals surface area contributed by atoms with E-state index in [1.165, 1.54) is 4.68 Å². The topological polar surface area (TPSA) is 74.7 Å². The van der Waals surface area contributed by atoms with Gasteiger partial charge in [-0.15, -0.1) is 0 Å². The monoisotopic (exact) mass is 448 g/mol. The average Bonchev–Trinajstić information content (AvgIpc) is 2.97. The summed E-state index contributed by atoms with van der Waals surface area (Å²) in [5.41, 5.74) is 8.30. The van der Waals surface area contributed by atoms with E-state index in [1.54, 1.807) is 19.5 Å². The van der Waals surface area contributed by atoms with Gasteiger partial charge < -0.3 is 15.2 Å². The van der Waals surface area contributed by atoms with Crippen molar-refractivity contribution in [3.63, 3.8) is 0 Å². The Bertz CT molecular complexity index is 988. The smallest absolute Gasteiger partial charge is 0.221 e. The summed E-state index contributed by atoms with van der Waals surface area (Å²) in [6, 6.07) is 11.3. The van der Waals surface area contributed by atoms with E-state index in [0.717, 1.165) is 21.3 Å². The minimum atomic E-state index is 0.326. The molecule has 1 heterocycles. The number of nitrogens with zero attached hydrogens (tertiary/aromatic N) is 3. The van der Waals surface area contributed by atoms with Crippen LogP contribution in [-0.2, 0) is 6.61 Å². The van der Waals surface area contributed by atoms with Crippen molar-refractivity contribution in [1.29, 1.82) is 0 Å². The van der Waals surface area contributed by atoms with Gasteiger partial charge in [0.15, 0.2) is 11.5 Å². The van der Waals surface area contributed by atoms with Crippen LogP contribution in [0.3, 0.4) is 0 Å². The number of anilines is 1. The van der Waals surface area contributed by atoms with Gasteiger partial charge in [0.25, 0.3) is 0 Å². The molecule has 1 aromatic heterocycles. The number of halogens is 2. The van der Waals surface area contributed by atoms with Crippen LogP contribution in [0.25, 0.3) is 0 Å². The lowest BCUT2D eigenvalue weighted by atomic mass is 10.2. The maximum Gasteiger partial charge on any atom is 0.221 e. The maximum absolute atomic E-state index is 6.19. The zero-order valence-electron chi connectivity index (χ0n) is 14.8. The van der Waals surface area contributed by atoms with Crippen molar-refractivity contribution >= 4 is 39.7 Å². The Morgan fingerprint density at radius 1 is 1.33 bits per heavy atom. The second-order valence-corrected chi connectivity index (χ2v) is 7.01. The first kappa shape index (κ1) is 19.3. The van der Waals surface area contributed by atoms with Gasteiger partial charge in [-0.05, 0) is 46.6 Å². The molecule has 140 valence electrons. The lowest BCUT2D eigenvalue weighted by Gasteiger charge is -2.14. The number of hydrogen-bond donors (Lipinski definition) is 1. The number of nitrogens with two attached hydrogens (primary N) is 1. The summed E-state index contributed by atoms with van der Waals surface area (Å²) in [6.45, 7) is 2.18. The summed E-state index contributed by atoms with van der Waals surface area (Å²) < 4.78 is 13.7. The summed E-state index contributed by atoms with van der Waals surface area (Å²) >= 11 is 9.72. The Kier molecular flexibility index (Phi) is 6.03. The number of imidazole rings is 1. The number of ether oxygens (including phenoxy) is 2. The van der Waals surface area contributed by atoms with Crippen LogP contribution in [0.5, 0.6) is 11.5 Å². The highest BCUT2D eigenvalue weighted by Gasteiger charge is 2.12. The van der Waals surface area contributed by atoms with E-state index in [9.17, 15) is 0 Å². The molecule has 0 atom stereocenters. The molecule has 0 aliphatic rings. The fourth-order valence-electron chi connectivity index (χ4n) is 2.45. The predicted octanol–water partition coefficient (Wildman–Crippen LogP) is 4.66. The second kappa shape index (κ2) is 8.45. The highest BCUT2D eigenvalue weighted by molar-refractivity contribution is 9.10. The molecule has 8 heteroatoms. The van der Waals surface area contributed by atoms with Gasteiger partial charge in [0.1, 0.15) is 6.61 Å². The first-order valence-electron chi connectivity index (χ1n) is 8.07. The van der Waals surface area contributed by atoms with Gasteiger partial charge in [0, 0.05) is 10.6 Å². The van der Waals surface area contributed by atoms with E-state index in [0.29, 0.717) is 29.1 Å². The summed E-state index contributed by atoms with van der Waals surface area (Å²) in [5.74, 6) is 1.50. The van der Waals surface area contributed by atoms with Crippen LogP contribution in [0.2, 0.25) is 5.02 Å². The van der Waals surface area contributed by atoms with E-state index in [2.05, 4.69) is 26.0 Å². The summed E-state index contributed by atoms with van der Waals surface area (Å²) in [5, 5.41) is 4.97. The van der Waals surface area contributed by atoms with E-state index < -0.39 is 0 Å². The van der Waals surface area contributed by atoms with E-state index in [-0.39, 0.29) is 0 Å². The lowest BCUT2D eigenvalue weighted by Crippen LogP contribution is -2.01. The highest BCUT2D eigenvalue weighted by atomic mass is 79.9. The summed E-state index contributed by atoms with van der Waals surface area (Å²) in [6.07, 6.45) is 3.42. The first-order chi connectivity index (χ1) is 13.0. The third-order valence-electron chi connectivity index (χ3n) is 3.75. The molecule has 0 radical (unpaired) electrons. The number of nitrogen functional groups attached to an aromatic ring is 1. The van der Waals surface area contributed by atoms with Crippen molar-refractivity contribution in [3.8, 4) is 11.5 Å². The Balaban J connectivity index is 1.82. The zero-order chi connectivity index (χ0) is 19.4. The number of rotatable bonds is 6. The van der Waals surface area contributed by atoms with Crippen molar-refractivity contribution in [2.45, 2.75) is 13.5 Å². The number of benzene rings is 2. The van der Waals surface area contributed by atoms with Crippen LogP contribution in [0.1, 0.15) is 16.8 Å². The largest absolute Gasteiger partial charge is 0.493 e. The van der Waals surface area contributed by atoms with E-state index in [1.807, 2.05) is 43.3 Å². The molecule has 0 amide bonds. The molecule has 0 fully saturated rings. The molecule has 3 aromatic rings. The van der Waals surface area contributed by atoms with E-state index in [4.69, 9.17) is 26.8 Å². The van der Waals surface area contributed by atoms with Crippen molar-refractivity contribution < 1.29 is 9.47 Å². The molecule has 6 nitrogen and oxygen atoms in total. The number of hydrogen-bond acceptors (Lipinski definition) is 5. The summed E-state index contributed by atoms with van der Waals surface area (Å²) in [4.78, 5) is 4.11. The number of methoxy groups -OCH3 is 1. The molecular weight excluding hydrogens is 432 g/mol. The van der Waals surface area contributed by atoms with Gasteiger partial charge in [-0.2, -0.15) is 5.10 Å². The lowest BCUT2D eigenvalue weighted by molar-refractivity contribution is 0.282. The molecule has 0 unspecified atom stereocenters. The minimum absolute atomic E-state index is 0.326. The van der Waals surface area contributed by atoms with E-state index >= 15 is 0 Å². The molecule has 0 saturated heterocycles. The minimum Gasteiger partial charge on any atom is -0.493 e. The number of aromatic nitrogens is 2. The predicted molar refractivity (Wildman–Crippen MR) is 111 cm³/mol. The van der Waals surface area contributed by atoms with Gasteiger partial charge in [-0.1, -0.05) is 29.8 Å². The van der Waals surface area contributed by atoms with Crippen molar-refractivity contribution in [3.05, 3.63) is 68.9 Å². The zero-order valence-corrected chi connectivity index (χ0v) is 17.2. The van der Waals surface area contributed by atoms with Crippen molar-refractivity contribution in [1.82, 2.24) is 9.66 Å². The van der Waals surface area contributed by atoms with Crippen LogP contribution in [0.15, 0.2) is 52.2 Å². The Hall–Kier alpha value is -2.51. The number of aryl methyl sites for hydroxylation is 1. The van der Waals surface area contributed by atoms with Crippen molar-refractivity contribution in [2.75, 3.05) is 12.8 Å². The SMILES string of the molecule is COc1cc(C=Nn2cc(C)nc2N)cc(Br)c1OCc1ccccc1Cl. The molecular formula is C19H18BrClN4O2. The second-order valence-electron chi connectivity index (χ2n) is 5.74. The molecule has 0 spiro atoms. The molecule has 2 N–H and O–H groups in total. The Morgan fingerprint density at radius 3 is 2.78 bits per heavy atom. The first-order valence-corrected chi connectivity index (χ1v) is 9.24. The van der Waals surface area contributed by atoms with Gasteiger partial charge in [0.05, 0.1) is 29.7 Å². The Morgan fingerprint density at radius 2 is 2.11 bits per heavy atom. The summed E-state index contributed by atoms with van der Waals surface area (Å²) in [7, 11) is 1.59. The quantitative estimate of drug-likeness (QED) is 0.555. The molecule has 0 bridgehead atoms. The van der Waals surface area contributed by atoms with Crippen LogP contribution in [0, 0.1) is 6.92 Å². The third kappa shape index (κ3) is 4.61. The standard InChI is InChI=1S/C19H18BrClN4O2/c1-12-10-25(19(22)24-12)23-9-13-7-15(20)18(17(8-13)26-2)27-11-14-5-3-4-6-16(14)21/h3-10H,11H2,1-2H3,(H2,22,24). The van der Waals surface area contributed by atoms with Gasteiger partial charge >= 0.3 is 0 Å².